The molecule has 29 nitrogen and oxygen atoms in total. The minimum Gasteiger partial charge on any atom is -0.407 e. The Morgan fingerprint density at radius 1 is 0.417 bits per heavy atom. The van der Waals surface area contributed by atoms with E-state index >= 15 is 0 Å². The van der Waals surface area contributed by atoms with Gasteiger partial charge in [0.2, 0.25) is 18.3 Å². The Hall–Kier alpha value is -13.7. The fraction of sp³-hybridized carbons (Fsp3) is 0.120. The average molecular weight is 1980 g/mol. The Kier molecular flexibility index (Phi) is 26.8. The first-order chi connectivity index (χ1) is 63.0. The van der Waals surface area contributed by atoms with E-state index in [2.05, 4.69) is 49.5 Å². The third kappa shape index (κ3) is 19.1. The van der Waals surface area contributed by atoms with Crippen LogP contribution in [-0.4, -0.2) is 106 Å². The van der Waals surface area contributed by atoms with Gasteiger partial charge < -0.3 is 15.0 Å². The van der Waals surface area contributed by atoms with Crippen LogP contribution < -0.4 is 37.6 Å². The van der Waals surface area contributed by atoms with E-state index in [9.17, 15) is 56.9 Å². The Morgan fingerprint density at radius 3 is 1.19 bits per heavy atom. The molecule has 5 aliphatic heterocycles. The van der Waals surface area contributed by atoms with E-state index in [4.69, 9.17) is 106 Å². The molecule has 0 aliphatic carbocycles. The molecule has 132 heavy (non-hydrogen) atoms. The summed E-state index contributed by atoms with van der Waals surface area (Å²) in [5, 5.41) is 18.7. The van der Waals surface area contributed by atoms with Crippen molar-refractivity contribution in [2.45, 2.75) is 63.5 Å². The zero-order valence-corrected chi connectivity index (χ0v) is 77.0. The molecule has 0 amide bonds. The zero-order chi connectivity index (χ0) is 94.0. The van der Waals surface area contributed by atoms with Gasteiger partial charge in [-0.05, 0) is 175 Å². The minimum atomic E-state index is -3.99. The summed E-state index contributed by atoms with van der Waals surface area (Å²) < 4.78 is 141. The number of hydrogen-bond donors (Lipinski definition) is 3. The molecule has 0 spiro atoms. The number of ether oxygens (including phenoxy) is 1. The number of esters is 1. The second-order valence-electron chi connectivity index (χ2n) is 29.7. The molecule has 3 N–H and O–H groups in total. The van der Waals surface area contributed by atoms with Crippen LogP contribution in [0.2, 0.25) is 25.1 Å². The summed E-state index contributed by atoms with van der Waals surface area (Å²) in [6.07, 6.45) is 15.1. The maximum atomic E-state index is 13.6. The van der Waals surface area contributed by atoms with Gasteiger partial charge in [-0.2, -0.15) is 0 Å². The highest BCUT2D eigenvalue weighted by Gasteiger charge is 2.38. The fourth-order valence-electron chi connectivity index (χ4n) is 15.7. The molecular weight excluding hydrogens is 1910 g/mol. The first kappa shape index (κ1) is 93.0. The number of anilines is 5. The van der Waals surface area contributed by atoms with Gasteiger partial charge in [0.1, 0.15) is 0 Å². The van der Waals surface area contributed by atoms with Gasteiger partial charge in [-0.25, -0.2) is 71.3 Å². The lowest BCUT2D eigenvalue weighted by molar-refractivity contribution is -0.904. The highest BCUT2D eigenvalue weighted by molar-refractivity contribution is 8.14. The molecule has 5 aliphatic rings. The van der Waals surface area contributed by atoms with Crippen LogP contribution in [0, 0.1) is 32.9 Å². The van der Waals surface area contributed by atoms with Crippen LogP contribution in [0.5, 0.6) is 5.88 Å². The number of hydrogen-bond acceptors (Lipinski definition) is 18. The third-order valence-electron chi connectivity index (χ3n) is 21.7. The molecule has 0 bridgehead atoms. The maximum absolute atomic E-state index is 13.6. The van der Waals surface area contributed by atoms with Gasteiger partial charge in [-0.1, -0.05) is 119 Å². The molecule has 0 unspecified atom stereocenters. The Bertz CT molecular complexity index is 8280. The molecule has 40 heteroatoms. The van der Waals surface area contributed by atoms with Crippen LogP contribution in [0.15, 0.2) is 261 Å². The second kappa shape index (κ2) is 38.0. The molecule has 0 saturated heterocycles. The van der Waals surface area contributed by atoms with Crippen molar-refractivity contribution in [2.24, 2.45) is 0 Å². The second-order valence-corrected chi connectivity index (χ2v) is 41.7. The number of H-pyrrole nitrogens is 1. The number of aromatic nitrogens is 5. The van der Waals surface area contributed by atoms with Crippen LogP contribution in [0.25, 0.3) is 78.1 Å². The number of nitrogens with zero attached hydrogens (tertiary/aromatic N) is 13. The number of benzene rings is 10. The molecule has 0 atom stereocenters. The van der Waals surface area contributed by atoms with Gasteiger partial charge in [-0.15, -0.1) is 0 Å². The monoisotopic (exact) mass is 1970 g/mol. The van der Waals surface area contributed by atoms with Crippen molar-refractivity contribution in [3.63, 3.8) is 0 Å². The van der Waals surface area contributed by atoms with E-state index in [-0.39, 0.29) is 63.9 Å². The standard InChI is InChI=1S/C20H14ClN3O4S.C18H13ClN3O3S.C18H12ClN3O3S.C18H12ClN3O2S.C9H5Cl2NO2S.C9H8N2/c1-12(25)28-20-17-9-14(21)10-19(16(17)5-7-23-20)29(26,27)24-8-6-13-3-4-15(22-2)11-18(13)24;1-20-15-3-2-12-4-7-22(17(12)10-15)26(24,25)18-9-14(19)8-13-11-21(23)6-5-16(13)18;1-20-13-3-2-11-5-7-22(16(11)10-13)26(24,25)17-9-12(19)8-15-14(17)4-6-21-18(15)23;1-20-15-3-2-12-5-7-22(17(12)10-15)25(23,24)18-9-14(19)8-13-11-21-6-4-16(13)18;10-7-3-6-5-12-2-1-8(6)9(4-7)15(11,13)14;1-10-8-3-2-7-4-5-11-9(7)6-8/h3-5,7,9-11H,6,8H2,1H3;2-3,5-6,8-11,23H,4,7H2;2-4,6,8-10H,5,7H2,(H,21,23);2-4,6,8-11H,5,7H2;1-5H;2-3,6,11H,4-5H2/q;+1;;;;. The summed E-state index contributed by atoms with van der Waals surface area (Å²) in [5.74, 6) is -0.583. The summed E-state index contributed by atoms with van der Waals surface area (Å²) in [6, 6.07) is 48.8. The molecule has 0 saturated carbocycles. The number of aromatic amines is 1. The SMILES string of the molecule is O=S(=O)(Cl)c1cc(Cl)cc2cnccc12.[C-]#[N+]c1ccc2c(c1)N(S(=O)(=O)c1cc(Cl)cc3c(=O)[nH]ccc13)CC2.[C-]#[N+]c1ccc2c(c1)N(S(=O)(=O)c1cc(Cl)cc3c(OC(C)=O)nccc13)CC2.[C-]#[N+]c1ccc2c(c1)N(S(=O)(=O)c1cc(Cl)cc3c[n+](O)ccc13)CC2.[C-]#[N+]c1ccc2c(c1)N(S(=O)(=O)c1cc(Cl)cc3cnccc13)CC2.[C-]#[N+]c1ccc2c(c1)NCC2. The lowest BCUT2D eigenvalue weighted by Crippen LogP contribution is -2.30. The number of halogens is 6. The van der Waals surface area contributed by atoms with Crippen LogP contribution >= 0.6 is 68.7 Å². The molecule has 5 aromatic heterocycles. The average Bonchev–Trinajstić information content (AvgIpc) is 1.49. The molecule has 10 heterocycles. The van der Waals surface area contributed by atoms with Gasteiger partial charge in [-0.3, -0.25) is 42.0 Å². The Labute approximate surface area is 786 Å². The fourth-order valence-corrected chi connectivity index (χ4v) is 25.1. The van der Waals surface area contributed by atoms with Crippen molar-refractivity contribution in [1.82, 2.24) is 19.9 Å². The zero-order valence-electron chi connectivity index (χ0n) is 68.4. The summed E-state index contributed by atoms with van der Waals surface area (Å²) >= 11 is 30.3. The smallest absolute Gasteiger partial charge is 0.309 e. The van der Waals surface area contributed by atoms with E-state index in [1.807, 2.05) is 24.3 Å². The maximum Gasteiger partial charge on any atom is 0.309 e. The predicted molar refractivity (Wildman–Crippen MR) is 509 cm³/mol. The number of pyridine rings is 5. The number of sulfonamides is 4. The van der Waals surface area contributed by atoms with Crippen molar-refractivity contribution in [3.8, 4) is 5.88 Å². The van der Waals surface area contributed by atoms with Crippen LogP contribution in [-0.2, 0) is 86.0 Å². The minimum absolute atomic E-state index is 0.00827. The Balaban J connectivity index is 0.000000124. The van der Waals surface area contributed by atoms with Crippen molar-refractivity contribution >= 4 is 235 Å². The quantitative estimate of drug-likeness (QED) is 0.0376. The van der Waals surface area contributed by atoms with Gasteiger partial charge >= 0.3 is 5.97 Å². The molecule has 10 aromatic carbocycles. The van der Waals surface area contributed by atoms with E-state index in [0.717, 1.165) is 51.3 Å². The van der Waals surface area contributed by atoms with Gasteiger partial charge in [0.25, 0.3) is 54.7 Å². The molecule has 0 fully saturated rings. The lowest BCUT2D eigenvalue weighted by Gasteiger charge is -2.21. The number of carbonyl (C=O) groups excluding carboxylic acids is 1. The summed E-state index contributed by atoms with van der Waals surface area (Å²) in [4.78, 5) is 55.0. The molecule has 15 aromatic rings. The molecule has 0 radical (unpaired) electrons. The highest BCUT2D eigenvalue weighted by Crippen LogP contribution is 2.45. The molecular formula is C92H64Cl6N15O14S5+. The largest absolute Gasteiger partial charge is 0.407 e. The summed E-state index contributed by atoms with van der Waals surface area (Å²) in [7, 11) is -14.1. The van der Waals surface area contributed by atoms with Gasteiger partial charge in [0, 0.05) is 200 Å². The van der Waals surface area contributed by atoms with Crippen LogP contribution in [0.3, 0.4) is 0 Å². The van der Waals surface area contributed by atoms with E-state index in [1.54, 1.807) is 116 Å². The molecule has 662 valence electrons. The normalized spacial score (nSPS) is 13.3. The topological polar surface area (TPSA) is 339 Å². The first-order valence-corrected chi connectivity index (χ1v) is 49.3. The number of fused-ring (bicyclic) bond motifs is 10. The third-order valence-corrected chi connectivity index (χ3v) is 31.5. The summed E-state index contributed by atoms with van der Waals surface area (Å²) in [5.41, 5.74) is 9.94. The van der Waals surface area contributed by atoms with E-state index in [0.29, 0.717) is 143 Å². The van der Waals surface area contributed by atoms with E-state index < -0.39 is 60.7 Å². The summed E-state index contributed by atoms with van der Waals surface area (Å²) in [6.45, 7) is 38.9. The number of nitrogens with one attached hydrogen (secondary N) is 2. The van der Waals surface area contributed by atoms with Crippen molar-refractivity contribution < 1.29 is 61.6 Å². The highest BCUT2D eigenvalue weighted by atomic mass is 35.7. The van der Waals surface area contributed by atoms with Gasteiger partial charge in [0.05, 0.1) is 62.7 Å². The van der Waals surface area contributed by atoms with Crippen molar-refractivity contribution in [1.29, 1.82) is 0 Å². The van der Waals surface area contributed by atoms with Crippen molar-refractivity contribution in [2.75, 3.05) is 55.3 Å². The van der Waals surface area contributed by atoms with Crippen molar-refractivity contribution in [3.05, 3.63) is 352 Å². The predicted octanol–water partition coefficient (Wildman–Crippen LogP) is 20.1. The molecule has 20 rings (SSSR count). The lowest BCUT2D eigenvalue weighted by atomic mass is 10.1. The van der Waals surface area contributed by atoms with Crippen LogP contribution in [0.4, 0.5) is 56.9 Å². The first-order valence-electron chi connectivity index (χ1n) is 39.3. The Morgan fingerprint density at radius 2 is 0.773 bits per heavy atom. The number of carbonyl (C=O) groups is 1. The van der Waals surface area contributed by atoms with Crippen LogP contribution in [0.1, 0.15) is 34.7 Å². The van der Waals surface area contributed by atoms with Gasteiger partial charge in [0.15, 0.2) is 28.4 Å². The van der Waals surface area contributed by atoms with E-state index in [1.165, 1.54) is 121 Å². The number of rotatable bonds is 10.